The van der Waals surface area contributed by atoms with E-state index in [1.807, 2.05) is 29.1 Å². The first-order valence-corrected chi connectivity index (χ1v) is 9.56. The molecule has 0 aromatic carbocycles. The molecule has 0 radical (unpaired) electrons. The minimum Gasteiger partial charge on any atom is -0.477 e. The van der Waals surface area contributed by atoms with Gasteiger partial charge >= 0.3 is 5.97 Å². The van der Waals surface area contributed by atoms with Gasteiger partial charge in [-0.15, -0.1) is 11.3 Å². The predicted octanol–water partition coefficient (Wildman–Crippen LogP) is 2.00. The topological polar surface area (TPSA) is 98.0 Å². The van der Waals surface area contributed by atoms with Crippen LogP contribution in [0.25, 0.3) is 10.6 Å². The van der Waals surface area contributed by atoms with Crippen LogP contribution in [-0.2, 0) is 16.0 Å². The summed E-state index contributed by atoms with van der Waals surface area (Å²) in [6.45, 7) is 2.63. The van der Waals surface area contributed by atoms with Crippen molar-refractivity contribution in [3.8, 4) is 10.6 Å². The zero-order chi connectivity index (χ0) is 18.6. The summed E-state index contributed by atoms with van der Waals surface area (Å²) in [5.74, 6) is -0.906. The molecule has 0 spiro atoms. The van der Waals surface area contributed by atoms with Crippen LogP contribution in [0.4, 0.5) is 0 Å². The summed E-state index contributed by atoms with van der Waals surface area (Å²) in [5, 5.41) is 16.9. The number of aromatic carboxylic acids is 1. The van der Waals surface area contributed by atoms with E-state index in [9.17, 15) is 4.79 Å². The molecule has 0 saturated carbocycles. The van der Waals surface area contributed by atoms with Crippen molar-refractivity contribution in [2.75, 3.05) is 19.9 Å². The lowest BCUT2D eigenvalue weighted by Gasteiger charge is -2.16. The highest BCUT2D eigenvalue weighted by atomic mass is 32.1. The molecule has 2 unspecified atom stereocenters. The Balaban J connectivity index is 1.20. The molecule has 2 aliphatic heterocycles. The smallest absolute Gasteiger partial charge is 0.345 e. The van der Waals surface area contributed by atoms with Crippen molar-refractivity contribution in [1.29, 1.82) is 0 Å². The summed E-state index contributed by atoms with van der Waals surface area (Å²) in [6.07, 6.45) is 6.57. The molecular formula is C18H20N4O4S. The van der Waals surface area contributed by atoms with Crippen LogP contribution in [0.1, 0.15) is 16.1 Å². The van der Waals surface area contributed by atoms with Gasteiger partial charge in [0.05, 0.1) is 10.6 Å². The number of aryl methyl sites for hydroxylation is 1. The Morgan fingerprint density at radius 2 is 2.30 bits per heavy atom. The summed E-state index contributed by atoms with van der Waals surface area (Å²) in [5.41, 5.74) is 1.77. The number of aromatic nitrogens is 2. The highest BCUT2D eigenvalue weighted by Gasteiger charge is 2.28. The van der Waals surface area contributed by atoms with Crippen LogP contribution in [0, 0.1) is 0 Å². The van der Waals surface area contributed by atoms with Crippen molar-refractivity contribution in [3.05, 3.63) is 41.4 Å². The molecule has 2 N–H and O–H groups in total. The van der Waals surface area contributed by atoms with Gasteiger partial charge in [0.25, 0.3) is 0 Å². The van der Waals surface area contributed by atoms with Crippen molar-refractivity contribution in [2.24, 2.45) is 4.99 Å². The Kier molecular flexibility index (Phi) is 5.44. The van der Waals surface area contributed by atoms with Crippen LogP contribution in [0.5, 0.6) is 0 Å². The first-order chi connectivity index (χ1) is 13.2. The fourth-order valence-corrected chi connectivity index (χ4v) is 3.74. The van der Waals surface area contributed by atoms with Crippen LogP contribution in [0.3, 0.4) is 0 Å². The molecule has 2 aromatic rings. The molecule has 1 fully saturated rings. The molecule has 2 aliphatic rings. The molecule has 0 aliphatic carbocycles. The van der Waals surface area contributed by atoms with E-state index in [0.717, 1.165) is 35.8 Å². The van der Waals surface area contributed by atoms with Crippen LogP contribution in [-0.4, -0.2) is 58.8 Å². The maximum atomic E-state index is 11.0. The van der Waals surface area contributed by atoms with Gasteiger partial charge in [0.15, 0.2) is 13.0 Å². The average Bonchev–Trinajstić information content (AvgIpc) is 3.40. The highest BCUT2D eigenvalue weighted by molar-refractivity contribution is 7.17. The van der Waals surface area contributed by atoms with Crippen LogP contribution in [0.2, 0.25) is 0 Å². The average molecular weight is 388 g/mol. The maximum Gasteiger partial charge on any atom is 0.345 e. The normalized spacial score (nSPS) is 21.3. The molecule has 1 saturated heterocycles. The van der Waals surface area contributed by atoms with Gasteiger partial charge in [0.2, 0.25) is 0 Å². The number of rotatable bonds is 8. The second-order valence-corrected chi connectivity index (χ2v) is 7.33. The molecule has 2 atom stereocenters. The van der Waals surface area contributed by atoms with Gasteiger partial charge < -0.3 is 19.9 Å². The van der Waals surface area contributed by atoms with Crippen molar-refractivity contribution < 1.29 is 19.4 Å². The number of dihydropyridines is 1. The van der Waals surface area contributed by atoms with E-state index >= 15 is 0 Å². The van der Waals surface area contributed by atoms with Gasteiger partial charge in [-0.1, -0.05) is 0 Å². The summed E-state index contributed by atoms with van der Waals surface area (Å²) in [6, 6.07) is 5.32. The fourth-order valence-electron chi connectivity index (χ4n) is 2.93. The lowest BCUT2D eigenvalue weighted by Crippen LogP contribution is -2.30. The number of carbonyl (C=O) groups is 1. The van der Waals surface area contributed by atoms with E-state index in [1.54, 1.807) is 12.1 Å². The third kappa shape index (κ3) is 4.33. The molecule has 0 bridgehead atoms. The number of fused-ring (bicyclic) bond motifs is 1. The number of hydrogen-bond acceptors (Lipinski definition) is 7. The summed E-state index contributed by atoms with van der Waals surface area (Å²) >= 11 is 1.24. The minimum absolute atomic E-state index is 0.0438. The summed E-state index contributed by atoms with van der Waals surface area (Å²) in [4.78, 5) is 16.7. The van der Waals surface area contributed by atoms with E-state index in [2.05, 4.69) is 15.4 Å². The molecule has 142 valence electrons. The third-order valence-corrected chi connectivity index (χ3v) is 5.40. The van der Waals surface area contributed by atoms with E-state index in [1.165, 1.54) is 11.3 Å². The minimum atomic E-state index is -0.906. The van der Waals surface area contributed by atoms with Crippen LogP contribution in [0.15, 0.2) is 41.5 Å². The van der Waals surface area contributed by atoms with Gasteiger partial charge in [-0.3, -0.25) is 9.67 Å². The number of hydrogen-bond donors (Lipinski definition) is 2. The molecular weight excluding hydrogens is 368 g/mol. The molecule has 2 aromatic heterocycles. The third-order valence-electron chi connectivity index (χ3n) is 4.31. The summed E-state index contributed by atoms with van der Waals surface area (Å²) in [7, 11) is 0. The van der Waals surface area contributed by atoms with Crippen molar-refractivity contribution >= 4 is 23.0 Å². The molecule has 8 nitrogen and oxygen atoms in total. The van der Waals surface area contributed by atoms with Crippen molar-refractivity contribution in [1.82, 2.24) is 15.1 Å². The SMILES string of the molecule is O=C(O)c1ccc(-c2ccn(CCCNCC3=NC4OCOC4C=C3)n2)s1. The zero-order valence-electron chi connectivity index (χ0n) is 14.6. The van der Waals surface area contributed by atoms with Crippen LogP contribution >= 0.6 is 11.3 Å². The number of carboxylic acid groups (broad SMARTS) is 1. The largest absolute Gasteiger partial charge is 0.477 e. The second-order valence-electron chi connectivity index (χ2n) is 6.25. The Morgan fingerprint density at radius 1 is 1.37 bits per heavy atom. The quantitative estimate of drug-likeness (QED) is 0.671. The van der Waals surface area contributed by atoms with E-state index < -0.39 is 5.97 Å². The lowest BCUT2D eigenvalue weighted by molar-refractivity contribution is 0.0449. The first-order valence-electron chi connectivity index (χ1n) is 8.75. The van der Waals surface area contributed by atoms with E-state index in [4.69, 9.17) is 14.6 Å². The predicted molar refractivity (Wildman–Crippen MR) is 101 cm³/mol. The number of nitrogens with one attached hydrogen (secondary N) is 1. The Labute approximate surface area is 160 Å². The lowest BCUT2D eigenvalue weighted by atomic mass is 10.2. The van der Waals surface area contributed by atoms with Gasteiger partial charge in [0, 0.05) is 19.3 Å². The molecule has 4 rings (SSSR count). The molecule has 0 amide bonds. The Hall–Kier alpha value is -2.33. The number of nitrogens with zero attached hydrogens (tertiary/aromatic N) is 3. The standard InChI is InChI=1S/C18H20N4O4S/c23-18(24)16-5-4-15(27-16)13-6-9-22(21-13)8-1-7-19-10-12-2-3-14-17(20-12)26-11-25-14/h2-6,9,14,17,19H,1,7-8,10-11H2,(H,23,24). The van der Waals surface area contributed by atoms with Gasteiger partial charge in [-0.25, -0.2) is 4.79 Å². The van der Waals surface area contributed by atoms with Crippen molar-refractivity contribution in [2.45, 2.75) is 25.3 Å². The maximum absolute atomic E-state index is 11.0. The highest BCUT2D eigenvalue weighted by Crippen LogP contribution is 2.26. The van der Waals surface area contributed by atoms with E-state index in [0.29, 0.717) is 18.2 Å². The molecule has 4 heterocycles. The number of thiophene rings is 1. The van der Waals surface area contributed by atoms with Crippen molar-refractivity contribution in [3.63, 3.8) is 0 Å². The summed E-state index contributed by atoms with van der Waals surface area (Å²) < 4.78 is 12.6. The van der Waals surface area contributed by atoms with Gasteiger partial charge in [0.1, 0.15) is 16.7 Å². The number of aliphatic imine (C=N–C) groups is 1. The Bertz CT molecular complexity index is 872. The van der Waals surface area contributed by atoms with Gasteiger partial charge in [-0.05, 0) is 43.3 Å². The first kappa shape index (κ1) is 18.1. The number of carboxylic acids is 1. The second kappa shape index (κ2) is 8.13. The fraction of sp³-hybridized carbons (Fsp3) is 0.389. The van der Waals surface area contributed by atoms with Crippen LogP contribution < -0.4 is 5.32 Å². The van der Waals surface area contributed by atoms with Gasteiger partial charge in [-0.2, -0.15) is 5.10 Å². The number of ether oxygens (including phenoxy) is 2. The zero-order valence-corrected chi connectivity index (χ0v) is 15.4. The van der Waals surface area contributed by atoms with E-state index in [-0.39, 0.29) is 12.3 Å². The molecule has 9 heteroatoms. The molecule has 27 heavy (non-hydrogen) atoms. The Morgan fingerprint density at radius 3 is 3.15 bits per heavy atom. The monoisotopic (exact) mass is 388 g/mol.